The van der Waals surface area contributed by atoms with E-state index in [1.54, 1.807) is 6.20 Å². The number of carbonyl (C=O) groups is 2. The van der Waals surface area contributed by atoms with Crippen LogP contribution in [0.3, 0.4) is 0 Å². The summed E-state index contributed by atoms with van der Waals surface area (Å²) in [5.74, 6) is 0.608. The van der Waals surface area contributed by atoms with Crippen molar-refractivity contribution in [1.29, 1.82) is 0 Å². The van der Waals surface area contributed by atoms with Gasteiger partial charge in [0.2, 0.25) is 5.91 Å². The highest BCUT2D eigenvalue weighted by atomic mass is 32.1. The van der Waals surface area contributed by atoms with Crippen LogP contribution in [0.1, 0.15) is 48.3 Å². The van der Waals surface area contributed by atoms with Gasteiger partial charge in [-0.05, 0) is 43.7 Å². The molecule has 1 unspecified atom stereocenters. The first kappa shape index (κ1) is 20.1. The van der Waals surface area contributed by atoms with Crippen LogP contribution in [0.25, 0.3) is 0 Å². The summed E-state index contributed by atoms with van der Waals surface area (Å²) in [6.07, 6.45) is 5.51. The van der Waals surface area contributed by atoms with Gasteiger partial charge >= 0.3 is 0 Å². The molecule has 2 fully saturated rings. The SMILES string of the molecule is CCN1CCC(n2nccc2NC(=O)C2CCCN(C(=O)c3cccs3)C2)CC1. The van der Waals surface area contributed by atoms with E-state index in [4.69, 9.17) is 0 Å². The minimum Gasteiger partial charge on any atom is -0.337 e. The highest BCUT2D eigenvalue weighted by Crippen LogP contribution is 2.26. The lowest BCUT2D eigenvalue weighted by Crippen LogP contribution is -2.43. The van der Waals surface area contributed by atoms with Gasteiger partial charge in [0.25, 0.3) is 5.91 Å². The van der Waals surface area contributed by atoms with Crippen LogP contribution >= 0.6 is 11.3 Å². The molecule has 2 aliphatic heterocycles. The van der Waals surface area contributed by atoms with Gasteiger partial charge in [-0.2, -0.15) is 5.10 Å². The Morgan fingerprint density at radius 3 is 2.76 bits per heavy atom. The second kappa shape index (κ2) is 9.09. The largest absolute Gasteiger partial charge is 0.337 e. The smallest absolute Gasteiger partial charge is 0.263 e. The van der Waals surface area contributed by atoms with Crippen molar-refractivity contribution in [3.8, 4) is 0 Å². The Balaban J connectivity index is 1.37. The van der Waals surface area contributed by atoms with Gasteiger partial charge in [0.1, 0.15) is 5.82 Å². The standard InChI is InChI=1S/C21H29N5O2S/c1-2-24-12-8-17(9-13-24)26-19(7-10-22-26)23-20(27)16-5-3-11-25(15-16)21(28)18-6-4-14-29-18/h4,6-7,10,14,16-17H,2-3,5,8-9,11-13,15H2,1H3,(H,23,27). The van der Waals surface area contributed by atoms with Crippen LogP contribution in [0.4, 0.5) is 5.82 Å². The fraction of sp³-hybridized carbons (Fsp3) is 0.571. The molecule has 2 saturated heterocycles. The molecule has 2 aliphatic rings. The van der Waals surface area contributed by atoms with Gasteiger partial charge in [-0.15, -0.1) is 11.3 Å². The van der Waals surface area contributed by atoms with E-state index in [2.05, 4.69) is 22.2 Å². The molecule has 0 spiro atoms. The number of hydrogen-bond acceptors (Lipinski definition) is 5. The van der Waals surface area contributed by atoms with E-state index < -0.39 is 0 Å². The van der Waals surface area contributed by atoms with Crippen molar-refractivity contribution in [1.82, 2.24) is 19.6 Å². The van der Waals surface area contributed by atoms with Gasteiger partial charge in [-0.1, -0.05) is 13.0 Å². The number of nitrogens with zero attached hydrogens (tertiary/aromatic N) is 4. The minimum atomic E-state index is -0.182. The highest BCUT2D eigenvalue weighted by Gasteiger charge is 2.30. The average Bonchev–Trinajstić information content (AvgIpc) is 3.46. The predicted molar refractivity (Wildman–Crippen MR) is 114 cm³/mol. The molecule has 7 nitrogen and oxygen atoms in total. The molecular formula is C21H29N5O2S. The summed E-state index contributed by atoms with van der Waals surface area (Å²) in [7, 11) is 0. The second-order valence-corrected chi connectivity index (χ2v) is 8.83. The second-order valence-electron chi connectivity index (χ2n) is 7.88. The molecular weight excluding hydrogens is 386 g/mol. The van der Waals surface area contributed by atoms with Crippen molar-refractivity contribution in [2.24, 2.45) is 5.92 Å². The van der Waals surface area contributed by atoms with Crippen molar-refractivity contribution in [3.63, 3.8) is 0 Å². The highest BCUT2D eigenvalue weighted by molar-refractivity contribution is 7.12. The normalized spacial score (nSPS) is 21.3. The van der Waals surface area contributed by atoms with E-state index in [9.17, 15) is 9.59 Å². The average molecular weight is 416 g/mol. The molecule has 0 aliphatic carbocycles. The maximum absolute atomic E-state index is 13.0. The van der Waals surface area contributed by atoms with Crippen LogP contribution < -0.4 is 5.32 Å². The van der Waals surface area contributed by atoms with Gasteiger partial charge in [0.05, 0.1) is 23.0 Å². The summed E-state index contributed by atoms with van der Waals surface area (Å²) in [4.78, 5) is 30.6. The lowest BCUT2D eigenvalue weighted by Gasteiger charge is -2.33. The molecule has 1 atom stereocenters. The molecule has 0 saturated carbocycles. The zero-order valence-electron chi connectivity index (χ0n) is 16.9. The Morgan fingerprint density at radius 1 is 1.21 bits per heavy atom. The third kappa shape index (κ3) is 4.53. The van der Waals surface area contributed by atoms with Crippen LogP contribution in [-0.4, -0.2) is 64.1 Å². The zero-order chi connectivity index (χ0) is 20.2. The maximum atomic E-state index is 13.0. The Hall–Kier alpha value is -2.19. The predicted octanol–water partition coefficient (Wildman–Crippen LogP) is 3.09. The number of piperidine rings is 2. The molecule has 2 amide bonds. The van der Waals surface area contributed by atoms with Crippen LogP contribution in [-0.2, 0) is 4.79 Å². The summed E-state index contributed by atoms with van der Waals surface area (Å²) in [6.45, 7) is 6.60. The lowest BCUT2D eigenvalue weighted by atomic mass is 9.97. The summed E-state index contributed by atoms with van der Waals surface area (Å²) in [6, 6.07) is 5.94. The summed E-state index contributed by atoms with van der Waals surface area (Å²) < 4.78 is 1.97. The van der Waals surface area contributed by atoms with E-state index in [0.717, 1.165) is 56.0 Å². The van der Waals surface area contributed by atoms with Crippen molar-refractivity contribution in [3.05, 3.63) is 34.7 Å². The molecule has 8 heteroatoms. The van der Waals surface area contributed by atoms with Crippen molar-refractivity contribution < 1.29 is 9.59 Å². The van der Waals surface area contributed by atoms with E-state index in [1.165, 1.54) is 11.3 Å². The van der Waals surface area contributed by atoms with E-state index in [-0.39, 0.29) is 17.7 Å². The summed E-state index contributed by atoms with van der Waals surface area (Å²) in [5.41, 5.74) is 0. The fourth-order valence-electron chi connectivity index (χ4n) is 4.34. The Morgan fingerprint density at radius 2 is 2.03 bits per heavy atom. The van der Waals surface area contributed by atoms with Gasteiger partial charge in [-0.3, -0.25) is 9.59 Å². The maximum Gasteiger partial charge on any atom is 0.263 e. The summed E-state index contributed by atoms with van der Waals surface area (Å²) in [5, 5.41) is 9.49. The minimum absolute atomic E-state index is 0.0126. The van der Waals surface area contributed by atoms with Crippen molar-refractivity contribution >= 4 is 29.0 Å². The number of anilines is 1. The number of carbonyl (C=O) groups excluding carboxylic acids is 2. The van der Waals surface area contributed by atoms with Gasteiger partial charge in [-0.25, -0.2) is 4.68 Å². The molecule has 2 aromatic heterocycles. The number of likely N-dealkylation sites (tertiary alicyclic amines) is 2. The molecule has 29 heavy (non-hydrogen) atoms. The number of nitrogens with one attached hydrogen (secondary N) is 1. The van der Waals surface area contributed by atoms with Crippen LogP contribution in [0.5, 0.6) is 0 Å². The van der Waals surface area contributed by atoms with Crippen molar-refractivity contribution in [2.75, 3.05) is 38.0 Å². The quantitative estimate of drug-likeness (QED) is 0.815. The van der Waals surface area contributed by atoms with Gasteiger partial charge in [0, 0.05) is 32.2 Å². The Bertz CT molecular complexity index is 826. The number of thiophene rings is 1. The molecule has 0 bridgehead atoms. The fourth-order valence-corrected chi connectivity index (χ4v) is 5.04. The van der Waals surface area contributed by atoms with E-state index in [0.29, 0.717) is 19.1 Å². The van der Waals surface area contributed by atoms with Crippen LogP contribution in [0, 0.1) is 5.92 Å². The zero-order valence-corrected chi connectivity index (χ0v) is 17.7. The van der Waals surface area contributed by atoms with Gasteiger partial charge in [0.15, 0.2) is 0 Å². The topological polar surface area (TPSA) is 70.5 Å². The first-order valence-electron chi connectivity index (χ1n) is 10.5. The molecule has 0 aromatic carbocycles. The Labute approximate surface area is 175 Å². The monoisotopic (exact) mass is 415 g/mol. The van der Waals surface area contributed by atoms with E-state index in [1.807, 2.05) is 33.2 Å². The third-order valence-electron chi connectivity index (χ3n) is 6.08. The first-order chi connectivity index (χ1) is 14.2. The Kier molecular flexibility index (Phi) is 6.30. The molecule has 1 N–H and O–H groups in total. The number of aromatic nitrogens is 2. The van der Waals surface area contributed by atoms with Crippen LogP contribution in [0.2, 0.25) is 0 Å². The third-order valence-corrected chi connectivity index (χ3v) is 6.94. The van der Waals surface area contributed by atoms with E-state index >= 15 is 0 Å². The first-order valence-corrected chi connectivity index (χ1v) is 11.4. The molecule has 4 rings (SSSR count). The molecule has 2 aromatic rings. The number of rotatable bonds is 5. The number of hydrogen-bond donors (Lipinski definition) is 1. The van der Waals surface area contributed by atoms with Crippen LogP contribution in [0.15, 0.2) is 29.8 Å². The molecule has 0 radical (unpaired) electrons. The molecule has 156 valence electrons. The summed E-state index contributed by atoms with van der Waals surface area (Å²) >= 11 is 1.45. The lowest BCUT2D eigenvalue weighted by molar-refractivity contribution is -0.121. The number of amides is 2. The van der Waals surface area contributed by atoms with Gasteiger partial charge < -0.3 is 15.1 Å². The molecule has 4 heterocycles. The van der Waals surface area contributed by atoms with Crippen molar-refractivity contribution in [2.45, 2.75) is 38.6 Å².